The predicted molar refractivity (Wildman–Crippen MR) is 103 cm³/mol. The lowest BCUT2D eigenvalue weighted by atomic mass is 10.4. The van der Waals surface area contributed by atoms with E-state index in [-0.39, 0.29) is 0 Å². The molecule has 0 aromatic rings. The molecule has 1 rings (SSSR count). The molecule has 0 aromatic heterocycles. The van der Waals surface area contributed by atoms with Crippen LogP contribution in [0.3, 0.4) is 0 Å². The molecule has 21 heavy (non-hydrogen) atoms. The zero-order valence-corrected chi connectivity index (χ0v) is 17.4. The number of rotatable bonds is 12. The third-order valence-electron chi connectivity index (χ3n) is 4.22. The van der Waals surface area contributed by atoms with E-state index in [2.05, 4.69) is 41.7 Å². The van der Waals surface area contributed by atoms with Gasteiger partial charge in [-0.25, -0.2) is 0 Å². The van der Waals surface area contributed by atoms with Gasteiger partial charge in [0.05, 0.1) is 12.6 Å². The molecular formula is C16H32BrNOSSi. The summed E-state index contributed by atoms with van der Waals surface area (Å²) in [5, 5.41) is 0. The van der Waals surface area contributed by atoms with Gasteiger partial charge in [0.15, 0.2) is 8.32 Å². The number of unbranched alkanes of at least 4 members (excludes halogenated alkanes) is 3. The second-order valence-electron chi connectivity index (χ2n) is 6.15. The van der Waals surface area contributed by atoms with Crippen molar-refractivity contribution in [1.82, 2.24) is 0 Å². The summed E-state index contributed by atoms with van der Waals surface area (Å²) in [5.41, 5.74) is 0. The largest absolute Gasteiger partial charge is 0.415 e. The highest BCUT2D eigenvalue weighted by molar-refractivity contribution is 9.22. The van der Waals surface area contributed by atoms with Crippen molar-refractivity contribution in [3.05, 3.63) is 0 Å². The number of aliphatic imine (C=N–C) groups is 1. The van der Waals surface area contributed by atoms with E-state index in [9.17, 15) is 0 Å². The van der Waals surface area contributed by atoms with Crippen LogP contribution in [0.5, 0.6) is 0 Å². The third-order valence-corrected chi connectivity index (χ3v) is 10.6. The highest BCUT2D eigenvalue weighted by Crippen LogP contribution is 2.31. The predicted octanol–water partition coefficient (Wildman–Crippen LogP) is 6.22. The summed E-state index contributed by atoms with van der Waals surface area (Å²) in [6, 6.07) is 4.44. The van der Waals surface area contributed by atoms with Gasteiger partial charge in [0.2, 0.25) is 0 Å². The minimum atomic E-state index is -1.54. The van der Waals surface area contributed by atoms with Crippen LogP contribution in [0.25, 0.3) is 0 Å². The summed E-state index contributed by atoms with van der Waals surface area (Å²) in [6.07, 6.45) is 7.89. The van der Waals surface area contributed by atoms with Crippen molar-refractivity contribution in [2.24, 2.45) is 4.99 Å². The zero-order valence-electron chi connectivity index (χ0n) is 14.0. The second-order valence-corrected chi connectivity index (χ2v) is 12.6. The van der Waals surface area contributed by atoms with E-state index in [1.165, 1.54) is 56.7 Å². The first-order chi connectivity index (χ1) is 10.2. The van der Waals surface area contributed by atoms with Crippen LogP contribution in [0.1, 0.15) is 59.3 Å². The summed E-state index contributed by atoms with van der Waals surface area (Å²) in [6.45, 7) is 7.75. The quantitative estimate of drug-likeness (QED) is 0.367. The van der Waals surface area contributed by atoms with Crippen molar-refractivity contribution in [3.63, 3.8) is 0 Å². The Morgan fingerprint density at radius 3 is 2.00 bits per heavy atom. The standard InChI is InChI=1S/C16H32BrNOSSi/c1-4-7-10-21(11-8-5-2,12-9-6-3)19-13-15-14-20-16(17)18-15/h15H,4-14H2,1-3H3. The van der Waals surface area contributed by atoms with Crippen molar-refractivity contribution in [1.29, 1.82) is 0 Å². The van der Waals surface area contributed by atoms with Gasteiger partial charge in [-0.1, -0.05) is 71.1 Å². The van der Waals surface area contributed by atoms with Gasteiger partial charge in [0.25, 0.3) is 0 Å². The molecule has 0 bridgehead atoms. The molecule has 1 aliphatic heterocycles. The maximum atomic E-state index is 6.67. The van der Waals surface area contributed by atoms with Crippen LogP contribution in [0, 0.1) is 0 Å². The van der Waals surface area contributed by atoms with Gasteiger partial charge < -0.3 is 4.43 Å². The molecule has 0 amide bonds. The summed E-state index contributed by atoms with van der Waals surface area (Å²) in [5.74, 6) is 1.08. The summed E-state index contributed by atoms with van der Waals surface area (Å²) < 4.78 is 7.72. The average Bonchev–Trinajstić information content (AvgIpc) is 2.91. The van der Waals surface area contributed by atoms with Crippen LogP contribution in [-0.4, -0.2) is 30.7 Å². The Balaban J connectivity index is 2.60. The van der Waals surface area contributed by atoms with Crippen LogP contribution >= 0.6 is 27.7 Å². The SMILES string of the molecule is CCCC[Si](CCCC)(CCCC)OCC1CSC(Br)=N1. The molecule has 0 spiro atoms. The maximum Gasteiger partial charge on any atom is 0.192 e. The lowest BCUT2D eigenvalue weighted by molar-refractivity contribution is 0.277. The molecule has 0 radical (unpaired) electrons. The molecule has 1 heterocycles. The van der Waals surface area contributed by atoms with Crippen molar-refractivity contribution < 1.29 is 4.43 Å². The van der Waals surface area contributed by atoms with Crippen LogP contribution in [0.2, 0.25) is 18.1 Å². The van der Waals surface area contributed by atoms with Gasteiger partial charge in [-0.05, 0) is 34.1 Å². The molecule has 5 heteroatoms. The van der Waals surface area contributed by atoms with Gasteiger partial charge in [-0.3, -0.25) is 4.99 Å². The number of thioether (sulfide) groups is 1. The highest BCUT2D eigenvalue weighted by atomic mass is 79.9. The van der Waals surface area contributed by atoms with Gasteiger partial charge in [0, 0.05) is 5.75 Å². The van der Waals surface area contributed by atoms with E-state index < -0.39 is 8.32 Å². The number of hydrogen-bond donors (Lipinski definition) is 0. The van der Waals surface area contributed by atoms with Gasteiger partial charge in [-0.2, -0.15) is 0 Å². The number of nitrogens with zero attached hydrogens (tertiary/aromatic N) is 1. The van der Waals surface area contributed by atoms with Crippen molar-refractivity contribution in [2.45, 2.75) is 83.5 Å². The fourth-order valence-electron chi connectivity index (χ4n) is 2.83. The van der Waals surface area contributed by atoms with Crippen LogP contribution in [0.4, 0.5) is 0 Å². The topological polar surface area (TPSA) is 21.6 Å². The molecule has 0 aliphatic carbocycles. The van der Waals surface area contributed by atoms with Crippen LogP contribution in [0.15, 0.2) is 4.99 Å². The normalized spacial score (nSPS) is 19.0. The van der Waals surface area contributed by atoms with E-state index in [1.807, 2.05) is 11.8 Å². The number of hydrogen-bond acceptors (Lipinski definition) is 3. The summed E-state index contributed by atoms with van der Waals surface area (Å²) in [7, 11) is -1.54. The van der Waals surface area contributed by atoms with E-state index in [0.717, 1.165) is 16.3 Å². The molecule has 0 saturated carbocycles. The van der Waals surface area contributed by atoms with Gasteiger partial charge in [-0.15, -0.1) is 0 Å². The minimum Gasteiger partial charge on any atom is -0.415 e. The first kappa shape index (κ1) is 19.7. The molecule has 1 unspecified atom stereocenters. The Morgan fingerprint density at radius 1 is 1.10 bits per heavy atom. The molecule has 1 atom stereocenters. The smallest absolute Gasteiger partial charge is 0.192 e. The molecule has 0 saturated heterocycles. The monoisotopic (exact) mass is 393 g/mol. The first-order valence-corrected chi connectivity index (χ1v) is 13.0. The Bertz CT molecular complexity index is 293. The molecular weight excluding hydrogens is 362 g/mol. The van der Waals surface area contributed by atoms with Crippen LogP contribution < -0.4 is 0 Å². The van der Waals surface area contributed by atoms with Crippen molar-refractivity contribution >= 4 is 40.0 Å². The molecule has 2 nitrogen and oxygen atoms in total. The lowest BCUT2D eigenvalue weighted by Gasteiger charge is -2.32. The minimum absolute atomic E-state index is 0.376. The van der Waals surface area contributed by atoms with E-state index in [0.29, 0.717) is 6.04 Å². The second kappa shape index (κ2) is 11.2. The Labute approximate surface area is 145 Å². The molecule has 1 aliphatic rings. The Kier molecular flexibility index (Phi) is 10.6. The van der Waals surface area contributed by atoms with Gasteiger partial charge >= 0.3 is 0 Å². The van der Waals surface area contributed by atoms with Crippen molar-refractivity contribution in [2.75, 3.05) is 12.4 Å². The van der Waals surface area contributed by atoms with Gasteiger partial charge in [0.1, 0.15) is 3.95 Å². The molecule has 124 valence electrons. The highest BCUT2D eigenvalue weighted by Gasteiger charge is 2.34. The zero-order chi connectivity index (χ0) is 15.6. The fourth-order valence-corrected chi connectivity index (χ4v) is 8.96. The number of halogens is 1. The van der Waals surface area contributed by atoms with E-state index >= 15 is 0 Å². The first-order valence-electron chi connectivity index (χ1n) is 8.65. The average molecular weight is 394 g/mol. The lowest BCUT2D eigenvalue weighted by Crippen LogP contribution is -2.40. The molecule has 0 N–H and O–H groups in total. The third kappa shape index (κ3) is 7.66. The Hall–Kier alpha value is 0.677. The summed E-state index contributed by atoms with van der Waals surface area (Å²) >= 11 is 5.31. The van der Waals surface area contributed by atoms with E-state index in [4.69, 9.17) is 4.43 Å². The Morgan fingerprint density at radius 2 is 1.62 bits per heavy atom. The van der Waals surface area contributed by atoms with Crippen LogP contribution in [-0.2, 0) is 4.43 Å². The molecule has 0 fully saturated rings. The maximum absolute atomic E-state index is 6.67. The van der Waals surface area contributed by atoms with E-state index in [1.54, 1.807) is 0 Å². The molecule has 0 aromatic carbocycles. The van der Waals surface area contributed by atoms with Crippen molar-refractivity contribution in [3.8, 4) is 0 Å². The fraction of sp³-hybridized carbons (Fsp3) is 0.938. The summed E-state index contributed by atoms with van der Waals surface area (Å²) in [4.78, 5) is 4.63.